The maximum absolute atomic E-state index is 12.1. The van der Waals surface area contributed by atoms with Gasteiger partial charge in [-0.25, -0.2) is 0 Å². The predicted molar refractivity (Wildman–Crippen MR) is 205 cm³/mol. The number of aliphatic hydroxyl groups is 1. The minimum Gasteiger partial charge on any atom is -0.462 e. The first kappa shape index (κ1) is 45.3. The molecule has 1 unspecified atom stereocenters. The average molecular weight is 669 g/mol. The number of ether oxygens (including phenoxy) is 2. The number of carbonyl (C=O) groups excluding carboxylic acids is 2. The van der Waals surface area contributed by atoms with Crippen LogP contribution in [0.25, 0.3) is 0 Å². The lowest BCUT2D eigenvalue weighted by atomic mass is 10.1. The quantitative estimate of drug-likeness (QED) is 0.0420. The van der Waals surface area contributed by atoms with E-state index in [0.29, 0.717) is 12.8 Å². The molecule has 1 N–H and O–H groups in total. The molecule has 0 heterocycles. The summed E-state index contributed by atoms with van der Waals surface area (Å²) in [6.45, 7) is 3.95. The van der Waals surface area contributed by atoms with Crippen LogP contribution in [-0.4, -0.2) is 36.4 Å². The Bertz CT molecular complexity index is 895. The van der Waals surface area contributed by atoms with E-state index >= 15 is 0 Å². The van der Waals surface area contributed by atoms with Crippen molar-refractivity contribution in [1.82, 2.24) is 0 Å². The Balaban J connectivity index is 3.58. The Morgan fingerprint density at radius 2 is 0.896 bits per heavy atom. The van der Waals surface area contributed by atoms with E-state index in [1.807, 2.05) is 0 Å². The van der Waals surface area contributed by atoms with Crippen molar-refractivity contribution in [3.05, 3.63) is 72.9 Å². The molecule has 0 saturated carbocycles. The molecule has 0 aliphatic carbocycles. The Hall–Kier alpha value is -2.66. The fourth-order valence-corrected chi connectivity index (χ4v) is 5.09. The van der Waals surface area contributed by atoms with Crippen LogP contribution in [0.5, 0.6) is 0 Å². The van der Waals surface area contributed by atoms with Gasteiger partial charge in [0.2, 0.25) is 0 Å². The minimum atomic E-state index is -0.775. The second-order valence-corrected chi connectivity index (χ2v) is 12.6. The molecule has 48 heavy (non-hydrogen) atoms. The zero-order chi connectivity index (χ0) is 35.0. The van der Waals surface area contributed by atoms with E-state index in [1.165, 1.54) is 57.8 Å². The third-order valence-corrected chi connectivity index (χ3v) is 8.01. The maximum atomic E-state index is 12.1. The van der Waals surface area contributed by atoms with Gasteiger partial charge in [-0.1, -0.05) is 164 Å². The molecule has 5 nitrogen and oxygen atoms in total. The summed E-state index contributed by atoms with van der Waals surface area (Å²) in [5.74, 6) is -0.613. The molecule has 0 aliphatic rings. The standard InChI is InChI=1S/C43H72O5/c1-3-5-7-9-11-12-13-14-15-16-17-18-19-20-21-22-23-24-25-26-27-28-29-30-32-34-36-38-43(46)48-41(39-44)40-47-42(45)37-35-33-31-10-8-6-4-2/h5,7,11-12,14-15,17-18,20-21,23-24,41,44H,3-4,6,8-10,13,16,19,22,25-40H2,1-2H3/b7-5-,12-11-,15-14-,18-17-,21-20-,24-23-. The number of hydrogen-bond donors (Lipinski definition) is 1. The smallest absolute Gasteiger partial charge is 0.306 e. The first-order valence-corrected chi connectivity index (χ1v) is 19.5. The molecule has 0 fully saturated rings. The third kappa shape index (κ3) is 36.2. The normalized spacial score (nSPS) is 13.0. The number of rotatable bonds is 34. The van der Waals surface area contributed by atoms with Gasteiger partial charge in [0.15, 0.2) is 6.10 Å². The highest BCUT2D eigenvalue weighted by Crippen LogP contribution is 2.12. The zero-order valence-electron chi connectivity index (χ0n) is 31.0. The van der Waals surface area contributed by atoms with Crippen LogP contribution in [0.1, 0.15) is 168 Å². The number of aliphatic hydroxyl groups excluding tert-OH is 1. The van der Waals surface area contributed by atoms with Crippen LogP contribution in [-0.2, 0) is 19.1 Å². The van der Waals surface area contributed by atoms with Crippen molar-refractivity contribution in [2.75, 3.05) is 13.2 Å². The van der Waals surface area contributed by atoms with E-state index in [9.17, 15) is 14.7 Å². The Labute approximate surface area is 295 Å². The van der Waals surface area contributed by atoms with Gasteiger partial charge in [-0.15, -0.1) is 0 Å². The van der Waals surface area contributed by atoms with Crippen LogP contribution in [0.4, 0.5) is 0 Å². The minimum absolute atomic E-state index is 0.0718. The van der Waals surface area contributed by atoms with Crippen LogP contribution in [0, 0.1) is 0 Å². The summed E-state index contributed by atoms with van der Waals surface area (Å²) in [5.41, 5.74) is 0. The van der Waals surface area contributed by atoms with Gasteiger partial charge in [-0.3, -0.25) is 9.59 Å². The van der Waals surface area contributed by atoms with Crippen molar-refractivity contribution in [2.24, 2.45) is 0 Å². The second kappa shape index (κ2) is 38.8. The van der Waals surface area contributed by atoms with Gasteiger partial charge in [0.1, 0.15) is 6.61 Å². The largest absolute Gasteiger partial charge is 0.462 e. The third-order valence-electron chi connectivity index (χ3n) is 8.01. The van der Waals surface area contributed by atoms with E-state index in [1.54, 1.807) is 0 Å². The molecular formula is C43H72O5. The van der Waals surface area contributed by atoms with Gasteiger partial charge in [0, 0.05) is 12.8 Å². The molecule has 0 saturated heterocycles. The lowest BCUT2D eigenvalue weighted by molar-refractivity contribution is -0.161. The summed E-state index contributed by atoms with van der Waals surface area (Å²) >= 11 is 0. The SMILES string of the molecule is CC/C=C\C/C=C\C/C=C\C/C=C\C/C=C\C/C=C\CCCCCCCCCCC(=O)OC(CO)COC(=O)CCCCCCCCC. The Morgan fingerprint density at radius 3 is 1.35 bits per heavy atom. The number of esters is 2. The predicted octanol–water partition coefficient (Wildman–Crippen LogP) is 12.2. The number of carbonyl (C=O) groups is 2. The molecule has 274 valence electrons. The summed E-state index contributed by atoms with van der Waals surface area (Å²) in [6, 6.07) is 0. The first-order valence-electron chi connectivity index (χ1n) is 19.5. The van der Waals surface area contributed by atoms with Crippen molar-refractivity contribution in [2.45, 2.75) is 174 Å². The van der Waals surface area contributed by atoms with Crippen LogP contribution in [0.15, 0.2) is 72.9 Å². The first-order chi connectivity index (χ1) is 23.6. The number of allylic oxidation sites excluding steroid dienone is 12. The molecular weight excluding hydrogens is 596 g/mol. The van der Waals surface area contributed by atoms with Crippen molar-refractivity contribution < 1.29 is 24.2 Å². The van der Waals surface area contributed by atoms with Crippen LogP contribution >= 0.6 is 0 Å². The van der Waals surface area contributed by atoms with Gasteiger partial charge in [-0.2, -0.15) is 0 Å². The molecule has 0 aromatic heterocycles. The fraction of sp³-hybridized carbons (Fsp3) is 0.674. The Morgan fingerprint density at radius 1 is 0.500 bits per heavy atom. The number of unbranched alkanes of at least 4 members (excludes halogenated alkanes) is 14. The monoisotopic (exact) mass is 669 g/mol. The van der Waals surface area contributed by atoms with Crippen molar-refractivity contribution in [1.29, 1.82) is 0 Å². The summed E-state index contributed by atoms with van der Waals surface area (Å²) in [5, 5.41) is 9.50. The lowest BCUT2D eigenvalue weighted by Gasteiger charge is -2.15. The molecule has 0 amide bonds. The van der Waals surface area contributed by atoms with Crippen LogP contribution in [0.2, 0.25) is 0 Å². The zero-order valence-corrected chi connectivity index (χ0v) is 31.0. The summed E-state index contributed by atoms with van der Waals surface area (Å²) in [7, 11) is 0. The molecule has 0 bridgehead atoms. The topological polar surface area (TPSA) is 72.8 Å². The number of hydrogen-bond acceptors (Lipinski definition) is 5. The summed E-state index contributed by atoms with van der Waals surface area (Å²) in [6.07, 6.45) is 51.2. The fourth-order valence-electron chi connectivity index (χ4n) is 5.09. The van der Waals surface area contributed by atoms with Gasteiger partial charge >= 0.3 is 11.9 Å². The van der Waals surface area contributed by atoms with E-state index in [0.717, 1.165) is 83.5 Å². The van der Waals surface area contributed by atoms with Gasteiger partial charge in [-0.05, 0) is 64.2 Å². The van der Waals surface area contributed by atoms with E-state index in [2.05, 4.69) is 86.8 Å². The molecule has 0 radical (unpaired) electrons. The molecule has 5 heteroatoms. The molecule has 0 aromatic rings. The van der Waals surface area contributed by atoms with Crippen LogP contribution < -0.4 is 0 Å². The van der Waals surface area contributed by atoms with Crippen molar-refractivity contribution in [3.8, 4) is 0 Å². The lowest BCUT2D eigenvalue weighted by Crippen LogP contribution is -2.28. The van der Waals surface area contributed by atoms with Crippen LogP contribution in [0.3, 0.4) is 0 Å². The van der Waals surface area contributed by atoms with Gasteiger partial charge in [0.05, 0.1) is 6.61 Å². The summed E-state index contributed by atoms with van der Waals surface area (Å²) < 4.78 is 10.5. The summed E-state index contributed by atoms with van der Waals surface area (Å²) in [4.78, 5) is 24.1. The van der Waals surface area contributed by atoms with Crippen molar-refractivity contribution in [3.63, 3.8) is 0 Å². The van der Waals surface area contributed by atoms with E-state index in [4.69, 9.17) is 9.47 Å². The molecule has 0 spiro atoms. The van der Waals surface area contributed by atoms with Gasteiger partial charge in [0.25, 0.3) is 0 Å². The van der Waals surface area contributed by atoms with E-state index < -0.39 is 6.10 Å². The maximum Gasteiger partial charge on any atom is 0.306 e. The molecule has 1 atom stereocenters. The second-order valence-electron chi connectivity index (χ2n) is 12.6. The highest BCUT2D eigenvalue weighted by atomic mass is 16.6. The molecule has 0 aliphatic heterocycles. The van der Waals surface area contributed by atoms with Gasteiger partial charge < -0.3 is 14.6 Å². The average Bonchev–Trinajstić information content (AvgIpc) is 3.09. The molecule has 0 rings (SSSR count). The van der Waals surface area contributed by atoms with Crippen molar-refractivity contribution >= 4 is 11.9 Å². The molecule has 0 aromatic carbocycles. The van der Waals surface area contributed by atoms with E-state index in [-0.39, 0.29) is 25.2 Å². The highest BCUT2D eigenvalue weighted by Gasteiger charge is 2.16. The Kier molecular flexibility index (Phi) is 36.6. The highest BCUT2D eigenvalue weighted by molar-refractivity contribution is 5.70.